The second-order valence-electron chi connectivity index (χ2n) is 9.49. The van der Waals surface area contributed by atoms with E-state index in [4.69, 9.17) is 22.0 Å². The number of benzene rings is 2. The largest absolute Gasteiger partial charge is 0.481 e. The molecule has 2 amide bonds. The molecule has 1 aromatic heterocycles. The van der Waals surface area contributed by atoms with Crippen molar-refractivity contribution in [1.29, 1.82) is 5.41 Å². The van der Waals surface area contributed by atoms with Crippen LogP contribution in [-0.4, -0.2) is 51.9 Å². The topological polar surface area (TPSA) is 176 Å². The maximum absolute atomic E-state index is 13.4. The van der Waals surface area contributed by atoms with Gasteiger partial charge in [-0.1, -0.05) is 24.3 Å². The first-order valence-corrected chi connectivity index (χ1v) is 12.3. The zero-order valence-electron chi connectivity index (χ0n) is 20.5. The normalized spacial score (nSPS) is 17.3. The third-order valence-corrected chi connectivity index (χ3v) is 6.71. The van der Waals surface area contributed by atoms with E-state index in [0.717, 1.165) is 42.1 Å². The van der Waals surface area contributed by atoms with E-state index in [9.17, 15) is 14.4 Å². The third kappa shape index (κ3) is 6.34. The minimum atomic E-state index is -0.986. The van der Waals surface area contributed by atoms with E-state index >= 15 is 0 Å². The fourth-order valence-corrected chi connectivity index (χ4v) is 4.68. The Kier molecular flexibility index (Phi) is 7.88. The van der Waals surface area contributed by atoms with Crippen LogP contribution >= 0.6 is 0 Å². The SMILES string of the molecule is N=C(N)c1ccc2cc(C(=O)NC3CCC(N)CC3)n(Cc3cccc(C(=O)NCCC(=O)O)c3)c2c1. The highest BCUT2D eigenvalue weighted by Gasteiger charge is 2.23. The lowest BCUT2D eigenvalue weighted by atomic mass is 9.92. The zero-order valence-corrected chi connectivity index (χ0v) is 20.5. The second kappa shape index (κ2) is 11.3. The lowest BCUT2D eigenvalue weighted by molar-refractivity contribution is -0.136. The molecule has 0 aliphatic heterocycles. The van der Waals surface area contributed by atoms with Crippen molar-refractivity contribution in [1.82, 2.24) is 15.2 Å². The summed E-state index contributed by atoms with van der Waals surface area (Å²) in [5, 5.41) is 23.2. The summed E-state index contributed by atoms with van der Waals surface area (Å²) in [6.45, 7) is 0.338. The lowest BCUT2D eigenvalue weighted by Gasteiger charge is -2.27. The Bertz CT molecular complexity index is 1340. The van der Waals surface area contributed by atoms with Gasteiger partial charge >= 0.3 is 5.97 Å². The number of rotatable bonds is 9. The van der Waals surface area contributed by atoms with E-state index in [0.29, 0.717) is 23.4 Å². The first kappa shape index (κ1) is 25.9. The molecule has 8 N–H and O–H groups in total. The van der Waals surface area contributed by atoms with Crippen LogP contribution in [0.2, 0.25) is 0 Å². The molecule has 10 heteroatoms. The van der Waals surface area contributed by atoms with E-state index in [2.05, 4.69) is 10.6 Å². The van der Waals surface area contributed by atoms with Crippen LogP contribution < -0.4 is 22.1 Å². The molecule has 2 aromatic carbocycles. The Balaban J connectivity index is 1.63. The van der Waals surface area contributed by atoms with Gasteiger partial charge in [0.2, 0.25) is 0 Å². The lowest BCUT2D eigenvalue weighted by Crippen LogP contribution is -2.41. The quantitative estimate of drug-likeness (QED) is 0.192. The number of nitrogens with one attached hydrogen (secondary N) is 3. The summed E-state index contributed by atoms with van der Waals surface area (Å²) in [6.07, 6.45) is 3.25. The molecule has 1 aliphatic rings. The summed E-state index contributed by atoms with van der Waals surface area (Å²) < 4.78 is 1.87. The van der Waals surface area contributed by atoms with Crippen LogP contribution in [0.3, 0.4) is 0 Å². The molecule has 0 spiro atoms. The van der Waals surface area contributed by atoms with Crippen molar-refractivity contribution in [2.24, 2.45) is 11.5 Å². The highest BCUT2D eigenvalue weighted by Crippen LogP contribution is 2.24. The molecule has 37 heavy (non-hydrogen) atoms. The van der Waals surface area contributed by atoms with E-state index < -0.39 is 5.97 Å². The number of hydrogen-bond acceptors (Lipinski definition) is 5. The van der Waals surface area contributed by atoms with Crippen molar-refractivity contribution in [2.45, 2.75) is 50.7 Å². The molecule has 0 saturated heterocycles. The molecular weight excluding hydrogens is 472 g/mol. The zero-order chi connectivity index (χ0) is 26.5. The molecule has 1 fully saturated rings. The second-order valence-corrected chi connectivity index (χ2v) is 9.49. The highest BCUT2D eigenvalue weighted by molar-refractivity contribution is 6.02. The number of fused-ring (bicyclic) bond motifs is 1. The van der Waals surface area contributed by atoms with Crippen LogP contribution in [-0.2, 0) is 11.3 Å². The van der Waals surface area contributed by atoms with E-state index in [-0.39, 0.29) is 42.7 Å². The fraction of sp³-hybridized carbons (Fsp3) is 0.333. The molecule has 0 unspecified atom stereocenters. The van der Waals surface area contributed by atoms with Crippen molar-refractivity contribution in [3.05, 3.63) is 70.9 Å². The van der Waals surface area contributed by atoms with Gasteiger partial charge in [-0.3, -0.25) is 19.8 Å². The van der Waals surface area contributed by atoms with Crippen LogP contribution in [0.25, 0.3) is 10.9 Å². The third-order valence-electron chi connectivity index (χ3n) is 6.71. The standard InChI is InChI=1S/C27H32N6O4/c28-20-6-8-21(9-7-20)32-27(37)23-13-17-4-5-18(25(29)30)14-22(17)33(23)15-16-2-1-3-19(12-16)26(36)31-11-10-24(34)35/h1-5,12-14,20-21H,6-11,15,28H2,(H3,29,30)(H,31,36)(H,32,37)(H,34,35). The van der Waals surface area contributed by atoms with Crippen LogP contribution in [0.5, 0.6) is 0 Å². The van der Waals surface area contributed by atoms with Gasteiger partial charge in [0, 0.05) is 47.2 Å². The summed E-state index contributed by atoms with van der Waals surface area (Å²) >= 11 is 0. The molecule has 0 atom stereocenters. The number of carbonyl (C=O) groups excluding carboxylic acids is 2. The average molecular weight is 505 g/mol. The van der Waals surface area contributed by atoms with Crippen molar-refractivity contribution in [2.75, 3.05) is 6.54 Å². The van der Waals surface area contributed by atoms with Gasteiger partial charge in [0.15, 0.2) is 0 Å². The smallest absolute Gasteiger partial charge is 0.305 e. The minimum absolute atomic E-state index is 0.0326. The van der Waals surface area contributed by atoms with Gasteiger partial charge in [0.1, 0.15) is 11.5 Å². The summed E-state index contributed by atoms with van der Waals surface area (Å²) in [4.78, 5) is 36.6. The molecule has 1 heterocycles. The first-order valence-electron chi connectivity index (χ1n) is 12.3. The number of nitrogen functional groups attached to an aromatic ring is 1. The first-order chi connectivity index (χ1) is 17.7. The number of aliphatic carboxylic acids is 1. The number of nitrogens with two attached hydrogens (primary N) is 2. The summed E-state index contributed by atoms with van der Waals surface area (Å²) in [6, 6.07) is 14.4. The predicted molar refractivity (Wildman–Crippen MR) is 141 cm³/mol. The molecule has 10 nitrogen and oxygen atoms in total. The average Bonchev–Trinajstić information content (AvgIpc) is 3.23. The monoisotopic (exact) mass is 504 g/mol. The van der Waals surface area contributed by atoms with Crippen LogP contribution in [0.1, 0.15) is 64.1 Å². The fourth-order valence-electron chi connectivity index (χ4n) is 4.68. The molecule has 0 bridgehead atoms. The van der Waals surface area contributed by atoms with E-state index in [1.54, 1.807) is 30.3 Å². The molecule has 3 aromatic rings. The summed E-state index contributed by atoms with van der Waals surface area (Å²) in [7, 11) is 0. The van der Waals surface area contributed by atoms with E-state index in [1.165, 1.54) is 0 Å². The Morgan fingerprint density at radius 3 is 2.46 bits per heavy atom. The van der Waals surface area contributed by atoms with Gasteiger partial charge in [0.25, 0.3) is 11.8 Å². The van der Waals surface area contributed by atoms with Gasteiger partial charge in [-0.05, 0) is 55.5 Å². The van der Waals surface area contributed by atoms with Crippen LogP contribution in [0.15, 0.2) is 48.5 Å². The predicted octanol–water partition coefficient (Wildman–Crippen LogP) is 2.18. The summed E-state index contributed by atoms with van der Waals surface area (Å²) in [5.41, 5.74) is 14.7. The number of amides is 2. The van der Waals surface area contributed by atoms with Gasteiger partial charge in [-0.15, -0.1) is 0 Å². The number of carboxylic acid groups (broad SMARTS) is 1. The maximum Gasteiger partial charge on any atom is 0.305 e. The van der Waals surface area contributed by atoms with Gasteiger partial charge < -0.3 is 31.8 Å². The number of hydrogen-bond donors (Lipinski definition) is 6. The number of carbonyl (C=O) groups is 3. The maximum atomic E-state index is 13.4. The van der Waals surface area contributed by atoms with Gasteiger partial charge in [0.05, 0.1) is 6.42 Å². The van der Waals surface area contributed by atoms with Crippen molar-refractivity contribution < 1.29 is 19.5 Å². The Labute approximate surface area is 214 Å². The van der Waals surface area contributed by atoms with Crippen LogP contribution in [0, 0.1) is 5.41 Å². The van der Waals surface area contributed by atoms with Gasteiger partial charge in [-0.25, -0.2) is 0 Å². The number of nitrogens with zero attached hydrogens (tertiary/aromatic N) is 1. The van der Waals surface area contributed by atoms with Crippen LogP contribution in [0.4, 0.5) is 0 Å². The summed E-state index contributed by atoms with van der Waals surface area (Å²) in [5.74, 6) is -1.61. The molecule has 1 saturated carbocycles. The number of aromatic nitrogens is 1. The molecule has 194 valence electrons. The minimum Gasteiger partial charge on any atom is -0.481 e. The number of carboxylic acids is 1. The van der Waals surface area contributed by atoms with Crippen molar-refractivity contribution in [3.8, 4) is 0 Å². The molecular formula is C27H32N6O4. The Morgan fingerprint density at radius 1 is 1.00 bits per heavy atom. The highest BCUT2D eigenvalue weighted by atomic mass is 16.4. The van der Waals surface area contributed by atoms with E-state index in [1.807, 2.05) is 22.8 Å². The molecule has 4 rings (SSSR count). The van der Waals surface area contributed by atoms with Crippen molar-refractivity contribution in [3.63, 3.8) is 0 Å². The number of amidine groups is 1. The molecule has 1 aliphatic carbocycles. The Morgan fingerprint density at radius 2 is 1.76 bits per heavy atom. The van der Waals surface area contributed by atoms with Gasteiger partial charge in [-0.2, -0.15) is 0 Å². The Hall–Kier alpha value is -4.18. The van der Waals surface area contributed by atoms with Crippen molar-refractivity contribution >= 4 is 34.5 Å². The molecule has 0 radical (unpaired) electrons.